The van der Waals surface area contributed by atoms with Crippen LogP contribution in [-0.2, 0) is 0 Å². The number of alkyl halides is 1. The summed E-state index contributed by atoms with van der Waals surface area (Å²) in [5, 5.41) is 0. The minimum absolute atomic E-state index is 0.0471. The highest BCUT2D eigenvalue weighted by Gasteiger charge is 2.41. The molecule has 0 aromatic carbocycles. The van der Waals surface area contributed by atoms with Crippen LogP contribution >= 0.6 is 0 Å². The third-order valence-corrected chi connectivity index (χ3v) is 3.97. The van der Waals surface area contributed by atoms with E-state index in [1.165, 1.54) is 12.8 Å². The average Bonchev–Trinajstić information content (AvgIpc) is 2.17. The Balaban J connectivity index is 2.61. The van der Waals surface area contributed by atoms with Crippen molar-refractivity contribution in [2.24, 2.45) is 23.5 Å². The topological polar surface area (TPSA) is 26.0 Å². The normalized spacial score (nSPS) is 33.0. The maximum absolute atomic E-state index is 14.5. The molecule has 2 N–H and O–H groups in total. The van der Waals surface area contributed by atoms with Crippen molar-refractivity contribution in [1.29, 1.82) is 0 Å². The highest BCUT2D eigenvalue weighted by atomic mass is 19.1. The van der Waals surface area contributed by atoms with Gasteiger partial charge in [-0.2, -0.15) is 0 Å². The molecule has 1 atom stereocenters. The molecular weight excluding hydrogens is 177 g/mol. The quantitative estimate of drug-likeness (QED) is 0.746. The van der Waals surface area contributed by atoms with Gasteiger partial charge in [-0.05, 0) is 30.6 Å². The lowest BCUT2D eigenvalue weighted by Crippen LogP contribution is -2.46. The molecule has 1 aliphatic carbocycles. The fourth-order valence-electron chi connectivity index (χ4n) is 2.61. The summed E-state index contributed by atoms with van der Waals surface area (Å²) in [6, 6.07) is 0. The van der Waals surface area contributed by atoms with Crippen LogP contribution < -0.4 is 5.73 Å². The Bertz CT molecular complexity index is 173. The van der Waals surface area contributed by atoms with E-state index in [-0.39, 0.29) is 18.4 Å². The SMILES string of the molecule is CC1CCC(C(F)(CN)C(C)C)CC1. The molecule has 1 nitrogen and oxygen atoms in total. The predicted molar refractivity (Wildman–Crippen MR) is 58.9 cm³/mol. The van der Waals surface area contributed by atoms with Crippen molar-refractivity contribution in [3.63, 3.8) is 0 Å². The molecule has 0 heterocycles. The lowest BCUT2D eigenvalue weighted by molar-refractivity contribution is 0.0129. The molecule has 1 saturated carbocycles. The number of hydrogen-bond acceptors (Lipinski definition) is 1. The molecule has 0 radical (unpaired) electrons. The van der Waals surface area contributed by atoms with E-state index >= 15 is 0 Å². The highest BCUT2D eigenvalue weighted by molar-refractivity contribution is 4.92. The number of hydrogen-bond donors (Lipinski definition) is 1. The van der Waals surface area contributed by atoms with Crippen molar-refractivity contribution in [2.75, 3.05) is 6.54 Å². The van der Waals surface area contributed by atoms with Crippen LogP contribution in [0.15, 0.2) is 0 Å². The van der Waals surface area contributed by atoms with Crippen molar-refractivity contribution in [1.82, 2.24) is 0 Å². The van der Waals surface area contributed by atoms with E-state index in [2.05, 4.69) is 6.92 Å². The Morgan fingerprint density at radius 2 is 1.79 bits per heavy atom. The van der Waals surface area contributed by atoms with Gasteiger partial charge in [-0.3, -0.25) is 0 Å². The first-order chi connectivity index (χ1) is 6.50. The molecule has 2 heteroatoms. The fourth-order valence-corrected chi connectivity index (χ4v) is 2.61. The van der Waals surface area contributed by atoms with Gasteiger partial charge in [0, 0.05) is 6.54 Å². The summed E-state index contributed by atoms with van der Waals surface area (Å²) >= 11 is 0. The zero-order valence-electron chi connectivity index (χ0n) is 9.72. The van der Waals surface area contributed by atoms with Crippen LogP contribution in [0.3, 0.4) is 0 Å². The summed E-state index contributed by atoms with van der Waals surface area (Å²) in [5.74, 6) is 1.02. The van der Waals surface area contributed by atoms with Gasteiger partial charge in [0.25, 0.3) is 0 Å². The Hall–Kier alpha value is -0.110. The molecule has 14 heavy (non-hydrogen) atoms. The van der Waals surface area contributed by atoms with Gasteiger partial charge in [-0.25, -0.2) is 4.39 Å². The summed E-state index contributed by atoms with van der Waals surface area (Å²) < 4.78 is 14.5. The van der Waals surface area contributed by atoms with E-state index in [1.807, 2.05) is 13.8 Å². The van der Waals surface area contributed by atoms with Gasteiger partial charge in [0.15, 0.2) is 0 Å². The van der Waals surface area contributed by atoms with E-state index in [9.17, 15) is 4.39 Å². The fraction of sp³-hybridized carbons (Fsp3) is 1.00. The minimum Gasteiger partial charge on any atom is -0.328 e. The molecule has 0 amide bonds. The van der Waals surface area contributed by atoms with Crippen LogP contribution in [0.25, 0.3) is 0 Å². The predicted octanol–water partition coefficient (Wildman–Crippen LogP) is 3.14. The molecule has 0 bridgehead atoms. The van der Waals surface area contributed by atoms with Gasteiger partial charge in [0.05, 0.1) is 0 Å². The van der Waals surface area contributed by atoms with Gasteiger partial charge in [0.2, 0.25) is 0 Å². The molecular formula is C12H24FN. The summed E-state index contributed by atoms with van der Waals surface area (Å²) in [5.41, 5.74) is 4.47. The summed E-state index contributed by atoms with van der Waals surface area (Å²) in [6.45, 7) is 6.34. The Kier molecular flexibility index (Phi) is 3.94. The van der Waals surface area contributed by atoms with E-state index in [0.717, 1.165) is 18.8 Å². The van der Waals surface area contributed by atoms with Gasteiger partial charge in [-0.15, -0.1) is 0 Å². The van der Waals surface area contributed by atoms with E-state index < -0.39 is 5.67 Å². The van der Waals surface area contributed by atoms with Crippen LogP contribution in [0.5, 0.6) is 0 Å². The second kappa shape index (κ2) is 4.61. The lowest BCUT2D eigenvalue weighted by atomic mass is 9.70. The summed E-state index contributed by atoms with van der Waals surface area (Å²) in [6.07, 6.45) is 4.38. The first-order valence-electron chi connectivity index (χ1n) is 5.89. The van der Waals surface area contributed by atoms with Crippen molar-refractivity contribution >= 4 is 0 Å². The van der Waals surface area contributed by atoms with E-state index in [4.69, 9.17) is 5.73 Å². The first-order valence-corrected chi connectivity index (χ1v) is 5.89. The monoisotopic (exact) mass is 201 g/mol. The summed E-state index contributed by atoms with van der Waals surface area (Å²) in [7, 11) is 0. The van der Waals surface area contributed by atoms with Crippen LogP contribution in [0, 0.1) is 17.8 Å². The molecule has 1 fully saturated rings. The number of halogens is 1. The van der Waals surface area contributed by atoms with Gasteiger partial charge < -0.3 is 5.73 Å². The maximum atomic E-state index is 14.5. The van der Waals surface area contributed by atoms with E-state index in [1.54, 1.807) is 0 Å². The average molecular weight is 201 g/mol. The molecule has 0 saturated heterocycles. The van der Waals surface area contributed by atoms with Crippen molar-refractivity contribution < 1.29 is 4.39 Å². The Morgan fingerprint density at radius 1 is 1.29 bits per heavy atom. The van der Waals surface area contributed by atoms with Gasteiger partial charge in [-0.1, -0.05) is 33.6 Å². The van der Waals surface area contributed by atoms with Crippen molar-refractivity contribution in [2.45, 2.75) is 52.1 Å². The smallest absolute Gasteiger partial charge is 0.128 e. The molecule has 0 aromatic heterocycles. The number of rotatable bonds is 3. The maximum Gasteiger partial charge on any atom is 0.128 e. The second-order valence-electron chi connectivity index (χ2n) is 5.24. The van der Waals surface area contributed by atoms with Gasteiger partial charge in [0.1, 0.15) is 5.67 Å². The lowest BCUT2D eigenvalue weighted by Gasteiger charge is -2.39. The van der Waals surface area contributed by atoms with E-state index in [0.29, 0.717) is 0 Å². The standard InChI is InChI=1S/C12H24FN/c1-9(2)12(13,8-14)11-6-4-10(3)5-7-11/h9-11H,4-8,14H2,1-3H3. The molecule has 1 aliphatic rings. The Labute approximate surface area is 87.3 Å². The third kappa shape index (κ3) is 2.28. The van der Waals surface area contributed by atoms with Crippen LogP contribution in [0.1, 0.15) is 46.5 Å². The van der Waals surface area contributed by atoms with Crippen LogP contribution in [0.2, 0.25) is 0 Å². The zero-order valence-corrected chi connectivity index (χ0v) is 9.72. The second-order valence-corrected chi connectivity index (χ2v) is 5.24. The number of nitrogens with two attached hydrogens (primary N) is 1. The molecule has 0 aliphatic heterocycles. The van der Waals surface area contributed by atoms with Crippen LogP contribution in [-0.4, -0.2) is 12.2 Å². The molecule has 0 aromatic rings. The zero-order chi connectivity index (χ0) is 10.8. The van der Waals surface area contributed by atoms with Crippen molar-refractivity contribution in [3.05, 3.63) is 0 Å². The minimum atomic E-state index is -1.12. The van der Waals surface area contributed by atoms with Crippen LogP contribution in [0.4, 0.5) is 4.39 Å². The van der Waals surface area contributed by atoms with Gasteiger partial charge >= 0.3 is 0 Å². The molecule has 1 rings (SSSR count). The van der Waals surface area contributed by atoms with Crippen molar-refractivity contribution in [3.8, 4) is 0 Å². The Morgan fingerprint density at radius 3 is 2.14 bits per heavy atom. The molecule has 0 spiro atoms. The third-order valence-electron chi connectivity index (χ3n) is 3.97. The highest BCUT2D eigenvalue weighted by Crippen LogP contribution is 2.40. The molecule has 84 valence electrons. The summed E-state index contributed by atoms with van der Waals surface area (Å²) in [4.78, 5) is 0. The molecule has 1 unspecified atom stereocenters. The first kappa shape index (κ1) is 12.0. The largest absolute Gasteiger partial charge is 0.328 e.